The van der Waals surface area contributed by atoms with Crippen LogP contribution in [0.25, 0.3) is 11.0 Å². The predicted octanol–water partition coefficient (Wildman–Crippen LogP) is 5.88. The second-order valence-electron chi connectivity index (χ2n) is 6.84. The molecule has 1 atom stereocenters. The van der Waals surface area contributed by atoms with Gasteiger partial charge in [0.2, 0.25) is 0 Å². The first kappa shape index (κ1) is 19.5. The average Bonchev–Trinajstić information content (AvgIpc) is 3.09. The Morgan fingerprint density at radius 3 is 2.52 bits per heavy atom. The Morgan fingerprint density at radius 2 is 1.76 bits per heavy atom. The third-order valence-electron chi connectivity index (χ3n) is 4.80. The van der Waals surface area contributed by atoms with Gasteiger partial charge in [-0.2, -0.15) is 0 Å². The normalized spacial score (nSPS) is 12.1. The molecule has 1 amide bonds. The second kappa shape index (κ2) is 8.27. The van der Waals surface area contributed by atoms with E-state index in [1.54, 1.807) is 18.2 Å². The van der Waals surface area contributed by atoms with E-state index >= 15 is 0 Å². The van der Waals surface area contributed by atoms with Crippen LogP contribution >= 0.6 is 23.2 Å². The number of benzene rings is 3. The van der Waals surface area contributed by atoms with Crippen LogP contribution in [0.2, 0.25) is 10.0 Å². The fourth-order valence-electron chi connectivity index (χ4n) is 3.35. The molecule has 0 aliphatic carbocycles. The summed E-state index contributed by atoms with van der Waals surface area (Å²) >= 11 is 12.4. The molecule has 0 fully saturated rings. The zero-order chi connectivity index (χ0) is 20.4. The Morgan fingerprint density at radius 1 is 1.03 bits per heavy atom. The van der Waals surface area contributed by atoms with E-state index < -0.39 is 0 Å². The number of fused-ring (bicyclic) bond motifs is 1. The van der Waals surface area contributed by atoms with E-state index in [9.17, 15) is 4.79 Å². The largest absolute Gasteiger partial charge is 0.342 e. The molecule has 146 valence electrons. The van der Waals surface area contributed by atoms with Crippen LogP contribution in [-0.2, 0) is 6.54 Å². The van der Waals surface area contributed by atoms with Crippen molar-refractivity contribution in [3.8, 4) is 0 Å². The minimum atomic E-state index is -0.291. The number of nitrogens with one attached hydrogen (secondary N) is 1. The molecule has 6 heteroatoms. The topological polar surface area (TPSA) is 46.9 Å². The lowest BCUT2D eigenvalue weighted by Crippen LogP contribution is -2.28. The van der Waals surface area contributed by atoms with Gasteiger partial charge in [-0.15, -0.1) is 0 Å². The number of imidazole rings is 1. The van der Waals surface area contributed by atoms with Crippen LogP contribution in [0.1, 0.15) is 34.7 Å². The van der Waals surface area contributed by atoms with Crippen molar-refractivity contribution in [2.45, 2.75) is 19.5 Å². The highest BCUT2D eigenvalue weighted by molar-refractivity contribution is 6.35. The van der Waals surface area contributed by atoms with Crippen molar-refractivity contribution in [1.29, 1.82) is 0 Å². The smallest absolute Gasteiger partial charge is 0.251 e. The molecule has 4 nitrogen and oxygen atoms in total. The summed E-state index contributed by atoms with van der Waals surface area (Å²) in [4.78, 5) is 17.4. The fraction of sp³-hybridized carbons (Fsp3) is 0.130. The first-order valence-corrected chi connectivity index (χ1v) is 10.0. The number of hydrogen-bond donors (Lipinski definition) is 1. The monoisotopic (exact) mass is 423 g/mol. The molecule has 0 radical (unpaired) electrons. The number of amides is 1. The van der Waals surface area contributed by atoms with Gasteiger partial charge in [0, 0.05) is 15.6 Å². The lowest BCUT2D eigenvalue weighted by Gasteiger charge is -2.17. The maximum Gasteiger partial charge on any atom is 0.251 e. The van der Waals surface area contributed by atoms with Crippen molar-refractivity contribution >= 4 is 40.1 Å². The molecule has 0 saturated carbocycles. The molecule has 1 N–H and O–H groups in total. The highest BCUT2D eigenvalue weighted by Crippen LogP contribution is 2.26. The van der Waals surface area contributed by atoms with Crippen molar-refractivity contribution in [3.63, 3.8) is 0 Å². The van der Waals surface area contributed by atoms with E-state index in [-0.39, 0.29) is 11.9 Å². The van der Waals surface area contributed by atoms with Crippen molar-refractivity contribution in [2.24, 2.45) is 0 Å². The Kier molecular flexibility index (Phi) is 5.56. The van der Waals surface area contributed by atoms with Crippen LogP contribution in [0.4, 0.5) is 0 Å². The lowest BCUT2D eigenvalue weighted by atomic mass is 10.2. The highest BCUT2D eigenvalue weighted by Gasteiger charge is 2.19. The van der Waals surface area contributed by atoms with Gasteiger partial charge in [-0.05, 0) is 48.9 Å². The van der Waals surface area contributed by atoms with Crippen LogP contribution in [0.15, 0.2) is 72.8 Å². The number of halogens is 2. The zero-order valence-corrected chi connectivity index (χ0v) is 17.3. The van der Waals surface area contributed by atoms with Gasteiger partial charge in [0.25, 0.3) is 5.91 Å². The minimum Gasteiger partial charge on any atom is -0.342 e. The van der Waals surface area contributed by atoms with Gasteiger partial charge in [0.15, 0.2) is 0 Å². The predicted molar refractivity (Wildman–Crippen MR) is 118 cm³/mol. The molecule has 0 spiro atoms. The Hall–Kier alpha value is -2.82. The van der Waals surface area contributed by atoms with E-state index in [2.05, 4.69) is 9.88 Å². The van der Waals surface area contributed by atoms with Crippen LogP contribution in [0.5, 0.6) is 0 Å². The number of carbonyl (C=O) groups excluding carboxylic acids is 1. The van der Waals surface area contributed by atoms with Crippen LogP contribution in [0.3, 0.4) is 0 Å². The van der Waals surface area contributed by atoms with Gasteiger partial charge in [-0.25, -0.2) is 4.98 Å². The van der Waals surface area contributed by atoms with Crippen molar-refractivity contribution in [1.82, 2.24) is 14.9 Å². The molecule has 0 aliphatic heterocycles. The molecule has 0 aliphatic rings. The number of rotatable bonds is 5. The molecule has 3 aromatic carbocycles. The van der Waals surface area contributed by atoms with Gasteiger partial charge in [0.05, 0.1) is 23.6 Å². The number of hydrogen-bond acceptors (Lipinski definition) is 2. The Balaban J connectivity index is 1.70. The molecule has 29 heavy (non-hydrogen) atoms. The van der Waals surface area contributed by atoms with Crippen molar-refractivity contribution < 1.29 is 4.79 Å². The van der Waals surface area contributed by atoms with Gasteiger partial charge >= 0.3 is 0 Å². The van der Waals surface area contributed by atoms with Crippen molar-refractivity contribution in [3.05, 3.63) is 99.8 Å². The van der Waals surface area contributed by atoms with Gasteiger partial charge in [0.1, 0.15) is 5.82 Å². The third kappa shape index (κ3) is 4.14. The molecular weight excluding hydrogens is 405 g/mol. The summed E-state index contributed by atoms with van der Waals surface area (Å²) in [7, 11) is 0. The molecule has 0 unspecified atom stereocenters. The first-order chi connectivity index (χ1) is 14.0. The summed E-state index contributed by atoms with van der Waals surface area (Å²) in [6.07, 6.45) is 0. The van der Waals surface area contributed by atoms with E-state index in [0.717, 1.165) is 22.4 Å². The maximum atomic E-state index is 12.6. The summed E-state index contributed by atoms with van der Waals surface area (Å²) in [6, 6.07) is 22.2. The quantitative estimate of drug-likeness (QED) is 0.435. The van der Waals surface area contributed by atoms with Crippen LogP contribution < -0.4 is 5.32 Å². The van der Waals surface area contributed by atoms with Gasteiger partial charge < -0.3 is 9.88 Å². The van der Waals surface area contributed by atoms with Gasteiger partial charge in [-0.3, -0.25) is 4.79 Å². The van der Waals surface area contributed by atoms with Crippen LogP contribution in [-0.4, -0.2) is 15.5 Å². The number of para-hydroxylation sites is 2. The molecule has 1 heterocycles. The summed E-state index contributed by atoms with van der Waals surface area (Å²) in [5.41, 5.74) is 3.40. The highest BCUT2D eigenvalue weighted by atomic mass is 35.5. The van der Waals surface area contributed by atoms with Gasteiger partial charge in [-0.1, -0.05) is 59.6 Å². The summed E-state index contributed by atoms with van der Waals surface area (Å²) in [5.74, 6) is 0.628. The molecule has 0 bridgehead atoms. The van der Waals surface area contributed by atoms with E-state index in [1.165, 1.54) is 0 Å². The van der Waals surface area contributed by atoms with E-state index in [0.29, 0.717) is 22.2 Å². The zero-order valence-electron chi connectivity index (χ0n) is 15.8. The van der Waals surface area contributed by atoms with E-state index in [1.807, 2.05) is 61.5 Å². The average molecular weight is 424 g/mol. The first-order valence-electron chi connectivity index (χ1n) is 9.28. The summed E-state index contributed by atoms with van der Waals surface area (Å²) in [6.45, 7) is 2.46. The number of nitrogens with zero attached hydrogens (tertiary/aromatic N) is 2. The third-order valence-corrected chi connectivity index (χ3v) is 5.39. The maximum absolute atomic E-state index is 12.6. The van der Waals surface area contributed by atoms with Crippen molar-refractivity contribution in [2.75, 3.05) is 0 Å². The molecule has 0 saturated heterocycles. The SMILES string of the molecule is C[C@@H](NC(=O)c1ccccc1)c1nc2ccccc2n1Cc1ccc(Cl)cc1Cl. The van der Waals surface area contributed by atoms with E-state index in [4.69, 9.17) is 28.2 Å². The minimum absolute atomic E-state index is 0.138. The number of aromatic nitrogens is 2. The lowest BCUT2D eigenvalue weighted by molar-refractivity contribution is 0.0938. The second-order valence-corrected chi connectivity index (χ2v) is 7.69. The molecule has 4 rings (SSSR count). The summed E-state index contributed by atoms with van der Waals surface area (Å²) in [5, 5.41) is 4.24. The summed E-state index contributed by atoms with van der Waals surface area (Å²) < 4.78 is 2.08. The molecule has 1 aromatic heterocycles. The number of carbonyl (C=O) groups is 1. The standard InChI is InChI=1S/C23H19Cl2N3O/c1-15(26-23(29)16-7-3-2-4-8-16)22-27-20-9-5-6-10-21(20)28(22)14-17-11-12-18(24)13-19(17)25/h2-13,15H,14H2,1H3,(H,26,29)/t15-/m1/s1. The fourth-order valence-corrected chi connectivity index (χ4v) is 3.81. The van der Waals surface area contributed by atoms with Crippen LogP contribution in [0, 0.1) is 0 Å². The molecular formula is C23H19Cl2N3O. The molecule has 4 aromatic rings. The Bertz CT molecular complexity index is 1170. The Labute approximate surface area is 179 Å².